The molecule has 138 valence electrons. The van der Waals surface area contributed by atoms with Gasteiger partial charge in [0.2, 0.25) is 11.8 Å². The van der Waals surface area contributed by atoms with Crippen LogP contribution in [-0.4, -0.2) is 31.0 Å². The van der Waals surface area contributed by atoms with Crippen LogP contribution in [0.15, 0.2) is 30.3 Å². The molecular formula is C20H30N2O3. The van der Waals surface area contributed by atoms with Gasteiger partial charge in [-0.15, -0.1) is 0 Å². The molecule has 0 unspecified atom stereocenters. The molecule has 1 aliphatic rings. The van der Waals surface area contributed by atoms with Crippen LogP contribution < -0.4 is 15.4 Å². The molecule has 1 aromatic carbocycles. The largest absolute Gasteiger partial charge is 0.493 e. The van der Waals surface area contributed by atoms with Crippen molar-refractivity contribution in [2.75, 3.05) is 13.2 Å². The van der Waals surface area contributed by atoms with Crippen LogP contribution in [-0.2, 0) is 9.59 Å². The zero-order chi connectivity index (χ0) is 18.4. The molecule has 0 heterocycles. The fraction of sp³-hybridized carbons (Fsp3) is 0.600. The molecule has 1 aromatic rings. The zero-order valence-electron chi connectivity index (χ0n) is 15.7. The minimum Gasteiger partial charge on any atom is -0.493 e. The maximum Gasteiger partial charge on any atom is 0.225 e. The molecule has 0 bridgehead atoms. The molecule has 1 fully saturated rings. The van der Waals surface area contributed by atoms with Crippen molar-refractivity contribution in [1.29, 1.82) is 0 Å². The van der Waals surface area contributed by atoms with Crippen LogP contribution in [0.5, 0.6) is 5.75 Å². The van der Waals surface area contributed by atoms with Crippen molar-refractivity contribution >= 4 is 11.8 Å². The van der Waals surface area contributed by atoms with Crippen LogP contribution in [0.25, 0.3) is 0 Å². The second-order valence-corrected chi connectivity index (χ2v) is 8.15. The van der Waals surface area contributed by atoms with Crippen molar-refractivity contribution in [3.05, 3.63) is 30.3 Å². The number of hydrogen-bond donors (Lipinski definition) is 2. The molecule has 0 saturated heterocycles. The Morgan fingerprint density at radius 2 is 1.84 bits per heavy atom. The summed E-state index contributed by atoms with van der Waals surface area (Å²) < 4.78 is 5.84. The molecular weight excluding hydrogens is 316 g/mol. The van der Waals surface area contributed by atoms with E-state index in [4.69, 9.17) is 4.74 Å². The molecule has 0 radical (unpaired) electrons. The molecule has 25 heavy (non-hydrogen) atoms. The standard InChI is InChI=1S/C20H30N2O3/c1-14(23)22-18-11-15(12-25-16-8-6-5-7-9-16)10-17(18)19(24)21-13-20(2,3)4/h5-9,15,17-18H,10-13H2,1-4H3,(H,21,24)(H,22,23)/t15-,17-,18-/m1/s1. The van der Waals surface area contributed by atoms with Gasteiger partial charge < -0.3 is 15.4 Å². The van der Waals surface area contributed by atoms with Gasteiger partial charge in [0.05, 0.1) is 12.5 Å². The molecule has 0 spiro atoms. The number of amides is 2. The third-order valence-electron chi connectivity index (χ3n) is 4.41. The number of hydrogen-bond acceptors (Lipinski definition) is 3. The highest BCUT2D eigenvalue weighted by atomic mass is 16.5. The van der Waals surface area contributed by atoms with E-state index in [1.54, 1.807) is 0 Å². The minimum atomic E-state index is -0.198. The summed E-state index contributed by atoms with van der Waals surface area (Å²) in [6.07, 6.45) is 1.49. The van der Waals surface area contributed by atoms with Crippen LogP contribution in [0.2, 0.25) is 0 Å². The van der Waals surface area contributed by atoms with E-state index in [1.807, 2.05) is 30.3 Å². The lowest BCUT2D eigenvalue weighted by Crippen LogP contribution is -2.44. The maximum absolute atomic E-state index is 12.6. The van der Waals surface area contributed by atoms with E-state index in [2.05, 4.69) is 31.4 Å². The van der Waals surface area contributed by atoms with Crippen molar-refractivity contribution in [1.82, 2.24) is 10.6 Å². The number of carbonyl (C=O) groups is 2. The third-order valence-corrected chi connectivity index (χ3v) is 4.41. The summed E-state index contributed by atoms with van der Waals surface area (Å²) in [7, 11) is 0. The quantitative estimate of drug-likeness (QED) is 0.832. The maximum atomic E-state index is 12.6. The Labute approximate surface area is 150 Å². The normalized spacial score (nSPS) is 23.1. The predicted molar refractivity (Wildman–Crippen MR) is 98.2 cm³/mol. The Balaban J connectivity index is 1.94. The Hall–Kier alpha value is -2.04. The van der Waals surface area contributed by atoms with E-state index in [0.29, 0.717) is 13.2 Å². The van der Waals surface area contributed by atoms with Crippen molar-refractivity contribution in [2.24, 2.45) is 17.3 Å². The van der Waals surface area contributed by atoms with Crippen LogP contribution in [0, 0.1) is 17.3 Å². The van der Waals surface area contributed by atoms with Gasteiger partial charge in [-0.25, -0.2) is 0 Å². The third kappa shape index (κ3) is 6.40. The zero-order valence-corrected chi connectivity index (χ0v) is 15.7. The summed E-state index contributed by atoms with van der Waals surface area (Å²) in [5.74, 6) is 0.816. The smallest absolute Gasteiger partial charge is 0.225 e. The Morgan fingerprint density at radius 1 is 1.16 bits per heavy atom. The summed E-state index contributed by atoms with van der Waals surface area (Å²) in [4.78, 5) is 24.1. The topological polar surface area (TPSA) is 67.4 Å². The number of ether oxygens (including phenoxy) is 1. The lowest BCUT2D eigenvalue weighted by molar-refractivity contribution is -0.126. The summed E-state index contributed by atoms with van der Waals surface area (Å²) in [5.41, 5.74) is 0.0353. The predicted octanol–water partition coefficient (Wildman–Crippen LogP) is 2.76. The van der Waals surface area contributed by atoms with E-state index < -0.39 is 0 Å². The summed E-state index contributed by atoms with van der Waals surface area (Å²) >= 11 is 0. The lowest BCUT2D eigenvalue weighted by atomic mass is 9.95. The first-order valence-corrected chi connectivity index (χ1v) is 8.97. The van der Waals surface area contributed by atoms with E-state index >= 15 is 0 Å². The van der Waals surface area contributed by atoms with Gasteiger partial charge in [-0.2, -0.15) is 0 Å². The van der Waals surface area contributed by atoms with Crippen LogP contribution in [0.4, 0.5) is 0 Å². The average molecular weight is 346 g/mol. The first kappa shape index (κ1) is 19.3. The Kier molecular flexibility index (Phi) is 6.45. The monoisotopic (exact) mass is 346 g/mol. The van der Waals surface area contributed by atoms with Crippen molar-refractivity contribution in [3.63, 3.8) is 0 Å². The van der Waals surface area contributed by atoms with Gasteiger partial charge in [-0.3, -0.25) is 9.59 Å². The molecule has 2 rings (SSSR count). The number of para-hydroxylation sites is 1. The van der Waals surface area contributed by atoms with Gasteiger partial charge in [0, 0.05) is 19.5 Å². The molecule has 0 aliphatic heterocycles. The van der Waals surface area contributed by atoms with Crippen molar-refractivity contribution < 1.29 is 14.3 Å². The lowest BCUT2D eigenvalue weighted by Gasteiger charge is -2.23. The molecule has 5 nitrogen and oxygen atoms in total. The van der Waals surface area contributed by atoms with E-state index in [9.17, 15) is 9.59 Å². The van der Waals surface area contributed by atoms with Crippen LogP contribution >= 0.6 is 0 Å². The minimum absolute atomic E-state index is 0.0240. The second-order valence-electron chi connectivity index (χ2n) is 8.15. The van der Waals surface area contributed by atoms with Gasteiger partial charge in [-0.05, 0) is 36.3 Å². The average Bonchev–Trinajstić information content (AvgIpc) is 2.93. The summed E-state index contributed by atoms with van der Waals surface area (Å²) in [5, 5.41) is 5.97. The molecule has 5 heteroatoms. The molecule has 2 amide bonds. The highest BCUT2D eigenvalue weighted by Gasteiger charge is 2.39. The number of carbonyl (C=O) groups excluding carboxylic acids is 2. The van der Waals surface area contributed by atoms with Gasteiger partial charge in [0.15, 0.2) is 0 Å². The summed E-state index contributed by atoms with van der Waals surface area (Å²) in [6, 6.07) is 9.55. The number of benzene rings is 1. The highest BCUT2D eigenvalue weighted by molar-refractivity contribution is 5.81. The molecule has 2 N–H and O–H groups in total. The van der Waals surface area contributed by atoms with Gasteiger partial charge in [0.25, 0.3) is 0 Å². The van der Waals surface area contributed by atoms with Gasteiger partial charge >= 0.3 is 0 Å². The SMILES string of the molecule is CC(=O)N[C@@H]1C[C@H](COc2ccccc2)C[C@H]1C(=O)NCC(C)(C)C. The van der Waals surface area contributed by atoms with E-state index in [-0.39, 0.29) is 35.1 Å². The Morgan fingerprint density at radius 3 is 2.44 bits per heavy atom. The molecule has 0 aromatic heterocycles. The number of nitrogens with one attached hydrogen (secondary N) is 2. The van der Waals surface area contributed by atoms with Crippen molar-refractivity contribution in [3.8, 4) is 5.75 Å². The van der Waals surface area contributed by atoms with E-state index in [1.165, 1.54) is 6.92 Å². The molecule has 1 aliphatic carbocycles. The number of rotatable bonds is 6. The van der Waals surface area contributed by atoms with Gasteiger partial charge in [-0.1, -0.05) is 39.0 Å². The first-order valence-electron chi connectivity index (χ1n) is 8.97. The van der Waals surface area contributed by atoms with Gasteiger partial charge in [0.1, 0.15) is 5.75 Å². The molecule has 3 atom stereocenters. The fourth-order valence-corrected chi connectivity index (χ4v) is 3.20. The van der Waals surface area contributed by atoms with Crippen LogP contribution in [0.1, 0.15) is 40.5 Å². The van der Waals surface area contributed by atoms with E-state index in [0.717, 1.165) is 18.6 Å². The Bertz CT molecular complexity index is 580. The summed E-state index contributed by atoms with van der Waals surface area (Å²) in [6.45, 7) is 8.94. The first-order chi connectivity index (χ1) is 11.7. The highest BCUT2D eigenvalue weighted by Crippen LogP contribution is 2.32. The molecule has 1 saturated carbocycles. The second kappa shape index (κ2) is 8.37. The van der Waals surface area contributed by atoms with Crippen molar-refractivity contribution in [2.45, 2.75) is 46.6 Å². The fourth-order valence-electron chi connectivity index (χ4n) is 3.20. The van der Waals surface area contributed by atoms with Crippen LogP contribution in [0.3, 0.4) is 0 Å².